The zero-order valence-corrected chi connectivity index (χ0v) is 17.3. The van der Waals surface area contributed by atoms with Crippen LogP contribution in [0.2, 0.25) is 0 Å². The Hall–Kier alpha value is -1.77. The summed E-state index contributed by atoms with van der Waals surface area (Å²) in [4.78, 5) is 16.2. The van der Waals surface area contributed by atoms with Crippen molar-refractivity contribution in [1.82, 2.24) is 4.90 Å². The van der Waals surface area contributed by atoms with Crippen molar-refractivity contribution < 1.29 is 19.6 Å². The van der Waals surface area contributed by atoms with Gasteiger partial charge in [0.25, 0.3) is 0 Å². The van der Waals surface area contributed by atoms with E-state index >= 15 is 0 Å². The van der Waals surface area contributed by atoms with Gasteiger partial charge in [0.1, 0.15) is 5.60 Å². The van der Waals surface area contributed by atoms with Crippen LogP contribution in [0.1, 0.15) is 43.0 Å². The molecule has 0 atom stereocenters. The summed E-state index contributed by atoms with van der Waals surface area (Å²) >= 11 is 0. The first-order chi connectivity index (χ1) is 12.5. The van der Waals surface area contributed by atoms with Gasteiger partial charge in [0.15, 0.2) is 0 Å². The van der Waals surface area contributed by atoms with Crippen molar-refractivity contribution in [2.45, 2.75) is 53.7 Å². The van der Waals surface area contributed by atoms with E-state index in [1.54, 1.807) is 4.90 Å². The van der Waals surface area contributed by atoms with Crippen LogP contribution in [0.15, 0.2) is 0 Å². The fourth-order valence-electron chi connectivity index (χ4n) is 3.88. The van der Waals surface area contributed by atoms with Crippen LogP contribution in [0.5, 0.6) is 0 Å². The highest BCUT2D eigenvalue weighted by Gasteiger charge is 2.30. The molecule has 0 radical (unpaired) electrons. The zero-order valence-electron chi connectivity index (χ0n) is 17.3. The lowest BCUT2D eigenvalue weighted by atomic mass is 9.71. The quantitative estimate of drug-likeness (QED) is 0.675. The number of nitrogens with two attached hydrogens (primary N) is 1. The van der Waals surface area contributed by atoms with Gasteiger partial charge < -0.3 is 30.3 Å². The molecular formula is C19H32BN3O4. The highest BCUT2D eigenvalue weighted by molar-refractivity contribution is 6.60. The molecule has 27 heavy (non-hydrogen) atoms. The number of rotatable bonds is 3. The minimum absolute atomic E-state index is 0.298. The molecule has 0 unspecified atom stereocenters. The predicted molar refractivity (Wildman–Crippen MR) is 108 cm³/mol. The molecule has 8 heteroatoms. The van der Waals surface area contributed by atoms with Gasteiger partial charge in [0.05, 0.1) is 0 Å². The Morgan fingerprint density at radius 3 is 2.07 bits per heavy atom. The lowest BCUT2D eigenvalue weighted by Crippen LogP contribution is -2.51. The second-order valence-electron chi connectivity index (χ2n) is 8.15. The van der Waals surface area contributed by atoms with Crippen molar-refractivity contribution in [2.75, 3.05) is 31.1 Å². The molecule has 1 fully saturated rings. The van der Waals surface area contributed by atoms with Gasteiger partial charge in [-0.2, -0.15) is 0 Å². The standard InChI is InChI=1S/C19H32BN3O4/c1-12-15(11-21)13(2)17(14(3)16(12)20(25)26)22-7-9-23(10-8-22)18(24)27-19(4,5)6/h25-26H,7-11,21H2,1-6H3. The van der Waals surface area contributed by atoms with Crippen molar-refractivity contribution in [2.24, 2.45) is 5.73 Å². The van der Waals surface area contributed by atoms with Gasteiger partial charge in [-0.05, 0) is 69.3 Å². The Bertz CT molecular complexity index is 708. The number of ether oxygens (including phenoxy) is 1. The fraction of sp³-hybridized carbons (Fsp3) is 0.632. The molecular weight excluding hydrogens is 345 g/mol. The Morgan fingerprint density at radius 2 is 1.63 bits per heavy atom. The fourth-order valence-corrected chi connectivity index (χ4v) is 3.88. The van der Waals surface area contributed by atoms with E-state index in [0.29, 0.717) is 38.2 Å². The Labute approximate surface area is 162 Å². The van der Waals surface area contributed by atoms with Crippen molar-refractivity contribution in [3.63, 3.8) is 0 Å². The van der Waals surface area contributed by atoms with Gasteiger partial charge in [-0.25, -0.2) is 4.79 Å². The van der Waals surface area contributed by atoms with Gasteiger partial charge >= 0.3 is 13.2 Å². The first kappa shape index (κ1) is 21.5. The summed E-state index contributed by atoms with van der Waals surface area (Å²) < 4.78 is 5.45. The molecule has 1 heterocycles. The summed E-state index contributed by atoms with van der Waals surface area (Å²) in [6.07, 6.45) is -0.298. The van der Waals surface area contributed by atoms with Crippen LogP contribution in [0.3, 0.4) is 0 Å². The second-order valence-corrected chi connectivity index (χ2v) is 8.15. The summed E-state index contributed by atoms with van der Waals surface area (Å²) in [5, 5.41) is 19.7. The van der Waals surface area contributed by atoms with Crippen LogP contribution in [-0.2, 0) is 11.3 Å². The summed E-state index contributed by atoms with van der Waals surface area (Å²) in [6.45, 7) is 14.1. The maximum atomic E-state index is 12.3. The number of hydrogen-bond donors (Lipinski definition) is 3. The molecule has 4 N–H and O–H groups in total. The van der Waals surface area contributed by atoms with Crippen LogP contribution in [0.25, 0.3) is 0 Å². The van der Waals surface area contributed by atoms with Gasteiger partial charge in [0.2, 0.25) is 0 Å². The number of carbonyl (C=O) groups is 1. The number of carbonyl (C=O) groups excluding carboxylic acids is 1. The minimum Gasteiger partial charge on any atom is -0.444 e. The Kier molecular flexibility index (Phi) is 6.45. The molecule has 0 bridgehead atoms. The van der Waals surface area contributed by atoms with Crippen molar-refractivity contribution in [3.8, 4) is 0 Å². The maximum Gasteiger partial charge on any atom is 0.489 e. The van der Waals surface area contributed by atoms with Crippen molar-refractivity contribution >= 4 is 24.4 Å². The molecule has 0 spiro atoms. The van der Waals surface area contributed by atoms with E-state index in [4.69, 9.17) is 10.5 Å². The zero-order chi connectivity index (χ0) is 20.5. The second kappa shape index (κ2) is 8.08. The lowest BCUT2D eigenvalue weighted by Gasteiger charge is -2.39. The smallest absolute Gasteiger partial charge is 0.444 e. The molecule has 0 aliphatic carbocycles. The Balaban J connectivity index is 2.28. The lowest BCUT2D eigenvalue weighted by molar-refractivity contribution is 0.0240. The predicted octanol–water partition coefficient (Wildman–Crippen LogP) is 0.807. The molecule has 2 rings (SSSR count). The maximum absolute atomic E-state index is 12.3. The highest BCUT2D eigenvalue weighted by Crippen LogP contribution is 2.30. The van der Waals surface area contributed by atoms with Crippen molar-refractivity contribution in [1.29, 1.82) is 0 Å². The number of hydrogen-bond acceptors (Lipinski definition) is 6. The number of amides is 1. The number of piperazine rings is 1. The highest BCUT2D eigenvalue weighted by atomic mass is 16.6. The van der Waals surface area contributed by atoms with Crippen molar-refractivity contribution in [3.05, 3.63) is 22.3 Å². The monoisotopic (exact) mass is 377 g/mol. The average Bonchev–Trinajstić information content (AvgIpc) is 2.53. The average molecular weight is 377 g/mol. The molecule has 1 aromatic carbocycles. The van der Waals surface area contributed by atoms with Gasteiger partial charge in [0, 0.05) is 38.4 Å². The molecule has 1 aliphatic heterocycles. The third-order valence-corrected chi connectivity index (χ3v) is 5.13. The SMILES string of the molecule is Cc1c(CN)c(C)c(N2CCN(C(=O)OC(C)(C)C)CC2)c(C)c1B(O)O. The van der Waals surface area contributed by atoms with Crippen LogP contribution >= 0.6 is 0 Å². The van der Waals surface area contributed by atoms with Crippen LogP contribution in [0.4, 0.5) is 10.5 Å². The van der Waals surface area contributed by atoms with E-state index in [9.17, 15) is 14.8 Å². The molecule has 1 aromatic rings. The van der Waals surface area contributed by atoms with E-state index in [2.05, 4.69) is 4.90 Å². The summed E-state index contributed by atoms with van der Waals surface area (Å²) in [7, 11) is -1.54. The number of anilines is 1. The minimum atomic E-state index is -1.54. The molecule has 0 saturated carbocycles. The van der Waals surface area contributed by atoms with Crippen LogP contribution < -0.4 is 16.1 Å². The molecule has 1 saturated heterocycles. The van der Waals surface area contributed by atoms with Crippen LogP contribution in [0, 0.1) is 20.8 Å². The molecule has 1 aliphatic rings. The van der Waals surface area contributed by atoms with Crippen LogP contribution in [-0.4, -0.2) is 59.9 Å². The van der Waals surface area contributed by atoms with E-state index < -0.39 is 12.7 Å². The summed E-state index contributed by atoms with van der Waals surface area (Å²) in [5.41, 5.74) is 10.6. The topological polar surface area (TPSA) is 99.3 Å². The third-order valence-electron chi connectivity index (χ3n) is 5.13. The number of benzene rings is 1. The molecule has 7 nitrogen and oxygen atoms in total. The number of nitrogens with zero attached hydrogens (tertiary/aromatic N) is 2. The van der Waals surface area contributed by atoms with E-state index in [-0.39, 0.29) is 6.09 Å². The molecule has 1 amide bonds. The van der Waals surface area contributed by atoms with Gasteiger partial charge in [-0.15, -0.1) is 0 Å². The van der Waals surface area contributed by atoms with E-state index in [1.165, 1.54) is 0 Å². The largest absolute Gasteiger partial charge is 0.489 e. The Morgan fingerprint density at radius 1 is 1.07 bits per heavy atom. The van der Waals surface area contributed by atoms with E-state index in [1.807, 2.05) is 41.5 Å². The van der Waals surface area contributed by atoms with Gasteiger partial charge in [-0.1, -0.05) is 0 Å². The van der Waals surface area contributed by atoms with E-state index in [0.717, 1.165) is 27.9 Å². The first-order valence-corrected chi connectivity index (χ1v) is 9.39. The summed E-state index contributed by atoms with van der Waals surface area (Å²) in [5.74, 6) is 0. The third kappa shape index (κ3) is 4.56. The normalized spacial score (nSPS) is 15.1. The van der Waals surface area contributed by atoms with Gasteiger partial charge in [-0.3, -0.25) is 0 Å². The first-order valence-electron chi connectivity index (χ1n) is 9.39. The summed E-state index contributed by atoms with van der Waals surface area (Å²) in [6, 6.07) is 0. The molecule has 150 valence electrons. The molecule has 0 aromatic heterocycles.